The molecule has 2 saturated heterocycles. The highest BCUT2D eigenvalue weighted by molar-refractivity contribution is 7.18. The van der Waals surface area contributed by atoms with Gasteiger partial charge >= 0.3 is 6.09 Å². The Morgan fingerprint density at radius 2 is 2.09 bits per heavy atom. The first-order valence-corrected chi connectivity index (χ1v) is 12.0. The van der Waals surface area contributed by atoms with E-state index < -0.39 is 12.2 Å². The van der Waals surface area contributed by atoms with Crippen LogP contribution in [0.3, 0.4) is 0 Å². The zero-order valence-corrected chi connectivity index (χ0v) is 19.7. The molecule has 0 saturated carbocycles. The summed E-state index contributed by atoms with van der Waals surface area (Å²) < 4.78 is 5.97. The van der Waals surface area contributed by atoms with Crippen molar-refractivity contribution in [2.45, 2.75) is 31.9 Å². The third-order valence-corrected chi connectivity index (χ3v) is 6.84. The summed E-state index contributed by atoms with van der Waals surface area (Å²) in [6, 6.07) is 8.90. The number of benzene rings is 1. The quantitative estimate of drug-likeness (QED) is 0.548. The van der Waals surface area contributed by atoms with Crippen molar-refractivity contribution in [1.82, 2.24) is 5.32 Å². The van der Waals surface area contributed by atoms with E-state index in [-0.39, 0.29) is 30.9 Å². The molecule has 0 aliphatic carbocycles. The summed E-state index contributed by atoms with van der Waals surface area (Å²) in [5.74, 6) is -0.380. The Bertz CT molecular complexity index is 1060. The number of halogens is 1. The summed E-state index contributed by atoms with van der Waals surface area (Å²) in [6.45, 7) is 3.75. The minimum Gasteiger partial charge on any atom is -0.442 e. The van der Waals surface area contributed by atoms with Crippen molar-refractivity contribution >= 4 is 57.9 Å². The first kappa shape index (κ1) is 23.3. The molecule has 1 aromatic carbocycles. The van der Waals surface area contributed by atoms with E-state index in [4.69, 9.17) is 22.1 Å². The molecule has 33 heavy (non-hydrogen) atoms. The maximum absolute atomic E-state index is 12.5. The van der Waals surface area contributed by atoms with Crippen molar-refractivity contribution in [3.8, 4) is 0 Å². The van der Waals surface area contributed by atoms with E-state index in [9.17, 15) is 14.4 Å². The second-order valence-electron chi connectivity index (χ2n) is 8.03. The molecule has 2 fully saturated rings. The lowest BCUT2D eigenvalue weighted by atomic mass is 10.2. The molecule has 2 aromatic rings. The van der Waals surface area contributed by atoms with Crippen molar-refractivity contribution in [3.05, 3.63) is 39.5 Å². The molecular formula is C22H26ClN5O4S. The van der Waals surface area contributed by atoms with Gasteiger partial charge < -0.3 is 26.0 Å². The minimum absolute atomic E-state index is 0.0918. The molecular weight excluding hydrogens is 466 g/mol. The number of carbonyl (C=O) groups excluding carboxylic acids is 3. The van der Waals surface area contributed by atoms with Crippen LogP contribution in [0.15, 0.2) is 30.3 Å². The summed E-state index contributed by atoms with van der Waals surface area (Å²) in [5, 5.41) is 5.71. The molecule has 2 atom stereocenters. The molecule has 0 spiro atoms. The zero-order chi connectivity index (χ0) is 23.5. The van der Waals surface area contributed by atoms with Crippen LogP contribution in [-0.4, -0.2) is 56.2 Å². The number of thiophene rings is 1. The second-order valence-corrected chi connectivity index (χ2v) is 9.74. The van der Waals surface area contributed by atoms with Gasteiger partial charge in [-0.05, 0) is 36.8 Å². The molecule has 2 aliphatic rings. The molecule has 4 rings (SSSR count). The number of hydrogen-bond acceptors (Lipinski definition) is 7. The van der Waals surface area contributed by atoms with Crippen LogP contribution in [0.5, 0.6) is 0 Å². The predicted octanol–water partition coefficient (Wildman–Crippen LogP) is 3.04. The molecule has 3 amide bonds. The standard InChI is InChI=1S/C22H26ClN5O4S/c1-2-20(29)26-16-9-14(3-4-17(16)27-8-7-13(24)11-27)28-12-15(32-22(28)31)10-25-21(30)18-5-6-19(23)33-18/h3-6,9,13,15H,2,7-8,10-12,24H2,1H3,(H,25,30)(H,26,29). The van der Waals surface area contributed by atoms with Crippen molar-refractivity contribution in [2.24, 2.45) is 5.73 Å². The number of cyclic esters (lactones) is 1. The van der Waals surface area contributed by atoms with Crippen LogP contribution in [0.4, 0.5) is 21.9 Å². The van der Waals surface area contributed by atoms with Crippen LogP contribution in [-0.2, 0) is 9.53 Å². The SMILES string of the molecule is CCC(=O)Nc1cc(N2CC(CNC(=O)c3ccc(Cl)s3)OC2=O)ccc1N1CCC(N)C1. The molecule has 3 heterocycles. The topological polar surface area (TPSA) is 117 Å². The van der Waals surface area contributed by atoms with Crippen molar-refractivity contribution in [2.75, 3.05) is 41.3 Å². The van der Waals surface area contributed by atoms with Crippen LogP contribution in [0, 0.1) is 0 Å². The van der Waals surface area contributed by atoms with E-state index in [0.29, 0.717) is 33.6 Å². The molecule has 11 heteroatoms. The van der Waals surface area contributed by atoms with E-state index in [0.717, 1.165) is 18.7 Å². The fourth-order valence-electron chi connectivity index (χ4n) is 3.88. The Morgan fingerprint density at radius 3 is 2.76 bits per heavy atom. The van der Waals surface area contributed by atoms with Gasteiger partial charge in [0.2, 0.25) is 5.91 Å². The van der Waals surface area contributed by atoms with Crippen molar-refractivity contribution in [1.29, 1.82) is 0 Å². The number of anilines is 3. The van der Waals surface area contributed by atoms with Gasteiger partial charge in [0, 0.05) is 31.2 Å². The predicted molar refractivity (Wildman–Crippen MR) is 129 cm³/mol. The Hall–Kier alpha value is -2.82. The first-order chi connectivity index (χ1) is 15.8. The van der Waals surface area contributed by atoms with Gasteiger partial charge in [0.05, 0.1) is 33.7 Å². The maximum Gasteiger partial charge on any atom is 0.414 e. The number of hydrogen-bond donors (Lipinski definition) is 3. The highest BCUT2D eigenvalue weighted by Gasteiger charge is 2.33. The molecule has 2 aliphatic heterocycles. The summed E-state index contributed by atoms with van der Waals surface area (Å²) in [7, 11) is 0. The third-order valence-electron chi connectivity index (χ3n) is 5.61. The second kappa shape index (κ2) is 9.98. The number of rotatable bonds is 7. The van der Waals surface area contributed by atoms with Crippen molar-refractivity contribution in [3.63, 3.8) is 0 Å². The Balaban J connectivity index is 1.46. The Labute approximate surface area is 200 Å². The van der Waals surface area contributed by atoms with Crippen LogP contribution in [0.2, 0.25) is 4.34 Å². The smallest absolute Gasteiger partial charge is 0.414 e. The number of nitrogens with zero attached hydrogens (tertiary/aromatic N) is 2. The number of nitrogens with two attached hydrogens (primary N) is 1. The lowest BCUT2D eigenvalue weighted by molar-refractivity contribution is -0.115. The van der Waals surface area contributed by atoms with E-state index in [1.807, 2.05) is 12.1 Å². The highest BCUT2D eigenvalue weighted by Crippen LogP contribution is 2.34. The van der Waals surface area contributed by atoms with Crippen LogP contribution < -0.4 is 26.2 Å². The van der Waals surface area contributed by atoms with Crippen LogP contribution >= 0.6 is 22.9 Å². The summed E-state index contributed by atoms with van der Waals surface area (Å²) in [4.78, 5) is 41.0. The summed E-state index contributed by atoms with van der Waals surface area (Å²) in [6.07, 6.45) is 0.220. The third kappa shape index (κ3) is 5.40. The Morgan fingerprint density at radius 1 is 1.27 bits per heavy atom. The average Bonchev–Trinajstić information content (AvgIpc) is 3.52. The maximum atomic E-state index is 12.5. The molecule has 176 valence electrons. The van der Waals surface area contributed by atoms with Gasteiger partial charge in [-0.25, -0.2) is 4.79 Å². The molecule has 0 bridgehead atoms. The van der Waals surface area contributed by atoms with E-state index in [2.05, 4.69) is 15.5 Å². The van der Waals surface area contributed by atoms with E-state index in [1.165, 1.54) is 16.2 Å². The number of ether oxygens (including phenoxy) is 1. The monoisotopic (exact) mass is 491 g/mol. The first-order valence-electron chi connectivity index (χ1n) is 10.8. The van der Waals surface area contributed by atoms with Gasteiger partial charge in [0.25, 0.3) is 5.91 Å². The van der Waals surface area contributed by atoms with E-state index >= 15 is 0 Å². The Kier molecular flexibility index (Phi) is 7.06. The van der Waals surface area contributed by atoms with Crippen LogP contribution in [0.25, 0.3) is 0 Å². The lowest BCUT2D eigenvalue weighted by Gasteiger charge is -2.24. The highest BCUT2D eigenvalue weighted by atomic mass is 35.5. The fourth-order valence-corrected chi connectivity index (χ4v) is 4.84. The molecule has 0 radical (unpaired) electrons. The average molecular weight is 492 g/mol. The normalized spacial score (nSPS) is 20.2. The van der Waals surface area contributed by atoms with Gasteiger partial charge in [0.15, 0.2) is 0 Å². The summed E-state index contributed by atoms with van der Waals surface area (Å²) >= 11 is 7.06. The summed E-state index contributed by atoms with van der Waals surface area (Å²) in [5.41, 5.74) is 8.17. The number of amides is 3. The van der Waals surface area contributed by atoms with Gasteiger partial charge in [-0.15, -0.1) is 11.3 Å². The fraction of sp³-hybridized carbons (Fsp3) is 0.409. The lowest BCUT2D eigenvalue weighted by Crippen LogP contribution is -2.34. The van der Waals surface area contributed by atoms with Crippen molar-refractivity contribution < 1.29 is 19.1 Å². The van der Waals surface area contributed by atoms with Crippen LogP contribution in [0.1, 0.15) is 29.4 Å². The molecule has 1 aromatic heterocycles. The molecule has 2 unspecified atom stereocenters. The van der Waals surface area contributed by atoms with Gasteiger partial charge in [-0.1, -0.05) is 18.5 Å². The number of nitrogens with one attached hydrogen (secondary N) is 2. The number of carbonyl (C=O) groups is 3. The molecule has 9 nitrogen and oxygen atoms in total. The van der Waals surface area contributed by atoms with Gasteiger partial charge in [-0.2, -0.15) is 0 Å². The minimum atomic E-state index is -0.503. The van der Waals surface area contributed by atoms with Gasteiger partial charge in [-0.3, -0.25) is 14.5 Å². The largest absolute Gasteiger partial charge is 0.442 e. The van der Waals surface area contributed by atoms with Gasteiger partial charge in [0.1, 0.15) is 6.10 Å². The van der Waals surface area contributed by atoms with E-state index in [1.54, 1.807) is 25.1 Å². The molecule has 4 N–H and O–H groups in total. The zero-order valence-electron chi connectivity index (χ0n) is 18.2.